The third-order valence-corrected chi connectivity index (χ3v) is 5.51. The molecule has 2 atom stereocenters. The van der Waals surface area contributed by atoms with E-state index in [0.717, 1.165) is 56.9 Å². The molecule has 0 aromatic heterocycles. The summed E-state index contributed by atoms with van der Waals surface area (Å²) < 4.78 is 17.1. The topological polar surface area (TPSA) is 65.0 Å². The smallest absolute Gasteiger partial charge is 0.340 e. The molecule has 2 aliphatic heterocycles. The zero-order valence-corrected chi connectivity index (χ0v) is 13.4. The maximum absolute atomic E-state index is 12.4. The van der Waals surface area contributed by atoms with Crippen LogP contribution in [-0.2, 0) is 19.0 Å². The van der Waals surface area contributed by atoms with E-state index in [2.05, 4.69) is 0 Å². The molecule has 0 aromatic carbocycles. The van der Waals surface area contributed by atoms with E-state index in [4.69, 9.17) is 14.2 Å². The van der Waals surface area contributed by atoms with E-state index in [9.17, 15) is 9.90 Å². The van der Waals surface area contributed by atoms with E-state index in [1.54, 1.807) is 6.26 Å². The Labute approximate surface area is 136 Å². The maximum Gasteiger partial charge on any atom is 0.340 e. The predicted octanol–water partition coefficient (Wildman–Crippen LogP) is 3.08. The zero-order chi connectivity index (χ0) is 15.9. The van der Waals surface area contributed by atoms with Crippen LogP contribution in [0.1, 0.15) is 64.2 Å². The summed E-state index contributed by atoms with van der Waals surface area (Å²) in [6.45, 7) is 0. The van der Waals surface area contributed by atoms with Gasteiger partial charge in [-0.05, 0) is 49.7 Å². The highest BCUT2D eigenvalue weighted by atomic mass is 16.7. The van der Waals surface area contributed by atoms with Gasteiger partial charge in [0.25, 0.3) is 5.79 Å². The molecule has 0 saturated heterocycles. The van der Waals surface area contributed by atoms with Crippen molar-refractivity contribution in [3.05, 3.63) is 23.0 Å². The summed E-state index contributed by atoms with van der Waals surface area (Å²) in [4.78, 5) is 12.4. The first kappa shape index (κ1) is 15.2. The lowest BCUT2D eigenvalue weighted by Crippen LogP contribution is -2.42. The third-order valence-electron chi connectivity index (χ3n) is 5.51. The average molecular weight is 320 g/mol. The van der Waals surface area contributed by atoms with Crippen molar-refractivity contribution in [2.45, 2.75) is 82.4 Å². The van der Waals surface area contributed by atoms with Crippen molar-refractivity contribution in [3.8, 4) is 0 Å². The number of carbonyl (C=O) groups is 1. The number of aliphatic hydroxyl groups excluding tert-OH is 1. The molecular weight excluding hydrogens is 296 g/mol. The lowest BCUT2D eigenvalue weighted by molar-refractivity contribution is -0.228. The van der Waals surface area contributed by atoms with Crippen LogP contribution in [0.15, 0.2) is 23.0 Å². The van der Waals surface area contributed by atoms with Crippen molar-refractivity contribution in [3.63, 3.8) is 0 Å². The number of aliphatic hydroxyl groups is 1. The number of esters is 1. The highest BCUT2D eigenvalue weighted by Crippen LogP contribution is 2.41. The second-order valence-corrected chi connectivity index (χ2v) is 7.06. The second kappa shape index (κ2) is 5.95. The lowest BCUT2D eigenvalue weighted by atomic mass is 9.88. The summed E-state index contributed by atoms with van der Waals surface area (Å²) in [5.74, 6) is -1.02. The van der Waals surface area contributed by atoms with Gasteiger partial charge in [-0.15, -0.1) is 0 Å². The fourth-order valence-electron chi connectivity index (χ4n) is 4.22. The molecule has 0 radical (unpaired) electrons. The van der Waals surface area contributed by atoms with Gasteiger partial charge in [0.1, 0.15) is 0 Å². The fourth-order valence-corrected chi connectivity index (χ4v) is 4.22. The first-order valence-corrected chi connectivity index (χ1v) is 8.82. The van der Waals surface area contributed by atoms with Crippen molar-refractivity contribution >= 4 is 5.97 Å². The van der Waals surface area contributed by atoms with Crippen LogP contribution < -0.4 is 0 Å². The van der Waals surface area contributed by atoms with Gasteiger partial charge in [0.2, 0.25) is 0 Å². The van der Waals surface area contributed by atoms with Gasteiger partial charge < -0.3 is 19.3 Å². The van der Waals surface area contributed by atoms with E-state index in [1.165, 1.54) is 12.0 Å². The van der Waals surface area contributed by atoms with Crippen molar-refractivity contribution < 1.29 is 24.1 Å². The molecule has 5 nitrogen and oxygen atoms in total. The van der Waals surface area contributed by atoms with Gasteiger partial charge in [0.05, 0.1) is 17.9 Å². The Balaban J connectivity index is 1.47. The fraction of sp³-hybridized carbons (Fsp3) is 0.722. The Morgan fingerprint density at radius 2 is 1.83 bits per heavy atom. The number of rotatable bonds is 2. The standard InChI is InChI=1S/C18H24O5/c19-16-12(11-21-18(23-16)8-4-1-5-9-18)10-15-13-6-2-3-7-14(13)17(20)22-15/h11,15,17,20H,1-10H2. The molecule has 126 valence electrons. The molecular formula is C18H24O5. The van der Waals surface area contributed by atoms with Crippen LogP contribution in [0.5, 0.6) is 0 Å². The molecule has 4 aliphatic rings. The van der Waals surface area contributed by atoms with Gasteiger partial charge in [0, 0.05) is 19.3 Å². The first-order chi connectivity index (χ1) is 11.2. The molecule has 1 spiro atoms. The number of hydrogen-bond donors (Lipinski definition) is 1. The number of hydrogen-bond acceptors (Lipinski definition) is 5. The molecule has 1 fully saturated rings. The van der Waals surface area contributed by atoms with E-state index in [0.29, 0.717) is 12.0 Å². The summed E-state index contributed by atoms with van der Waals surface area (Å²) in [6, 6.07) is 0. The normalized spacial score (nSPS) is 33.1. The van der Waals surface area contributed by atoms with Crippen LogP contribution in [0.4, 0.5) is 0 Å². The number of carbonyl (C=O) groups excluding carboxylic acids is 1. The molecule has 0 aromatic rings. The predicted molar refractivity (Wildman–Crippen MR) is 82.1 cm³/mol. The molecule has 0 bridgehead atoms. The van der Waals surface area contributed by atoms with E-state index in [1.807, 2.05) is 0 Å². The lowest BCUT2D eigenvalue weighted by Gasteiger charge is -2.38. The molecule has 2 unspecified atom stereocenters. The Morgan fingerprint density at radius 3 is 2.57 bits per heavy atom. The number of ether oxygens (including phenoxy) is 3. The molecule has 0 amide bonds. The Hall–Kier alpha value is -1.33. The Kier molecular flexibility index (Phi) is 3.93. The highest BCUT2D eigenvalue weighted by molar-refractivity contribution is 5.89. The Morgan fingerprint density at radius 1 is 1.09 bits per heavy atom. The zero-order valence-electron chi connectivity index (χ0n) is 13.4. The van der Waals surface area contributed by atoms with E-state index in [-0.39, 0.29) is 12.1 Å². The largest absolute Gasteiger partial charge is 0.459 e. The van der Waals surface area contributed by atoms with Gasteiger partial charge in [-0.1, -0.05) is 6.42 Å². The van der Waals surface area contributed by atoms with Gasteiger partial charge in [-0.2, -0.15) is 0 Å². The van der Waals surface area contributed by atoms with Crippen LogP contribution in [0.3, 0.4) is 0 Å². The summed E-state index contributed by atoms with van der Waals surface area (Å²) in [7, 11) is 0. The quantitative estimate of drug-likeness (QED) is 0.626. The molecule has 1 saturated carbocycles. The summed E-state index contributed by atoms with van der Waals surface area (Å²) >= 11 is 0. The van der Waals surface area contributed by atoms with Gasteiger partial charge in [-0.3, -0.25) is 0 Å². The van der Waals surface area contributed by atoms with Gasteiger partial charge >= 0.3 is 5.97 Å². The van der Waals surface area contributed by atoms with Crippen LogP contribution in [-0.4, -0.2) is 29.3 Å². The summed E-state index contributed by atoms with van der Waals surface area (Å²) in [5.41, 5.74) is 2.71. The molecule has 23 heavy (non-hydrogen) atoms. The van der Waals surface area contributed by atoms with Gasteiger partial charge in [-0.25, -0.2) is 4.79 Å². The summed E-state index contributed by atoms with van der Waals surface area (Å²) in [5, 5.41) is 10.0. The summed E-state index contributed by atoms with van der Waals surface area (Å²) in [6.07, 6.45) is 9.83. The molecule has 2 heterocycles. The minimum atomic E-state index is -0.805. The van der Waals surface area contributed by atoms with E-state index < -0.39 is 12.1 Å². The SMILES string of the molecule is O=C1OC2(CCCCC2)OC=C1CC1OC(O)C2=C1CCCC2. The Bertz CT molecular complexity index is 556. The average Bonchev–Trinajstić information content (AvgIpc) is 2.88. The second-order valence-electron chi connectivity index (χ2n) is 7.06. The van der Waals surface area contributed by atoms with Crippen LogP contribution in [0, 0.1) is 0 Å². The van der Waals surface area contributed by atoms with Crippen molar-refractivity contribution in [2.75, 3.05) is 0 Å². The third kappa shape index (κ3) is 2.81. The van der Waals surface area contributed by atoms with E-state index >= 15 is 0 Å². The van der Waals surface area contributed by atoms with Crippen molar-refractivity contribution in [1.29, 1.82) is 0 Å². The van der Waals surface area contributed by atoms with Gasteiger partial charge in [0.15, 0.2) is 6.29 Å². The van der Waals surface area contributed by atoms with Crippen molar-refractivity contribution in [1.82, 2.24) is 0 Å². The van der Waals surface area contributed by atoms with Crippen molar-refractivity contribution in [2.24, 2.45) is 0 Å². The molecule has 4 rings (SSSR count). The van der Waals surface area contributed by atoms with Crippen LogP contribution in [0.25, 0.3) is 0 Å². The maximum atomic E-state index is 12.4. The first-order valence-electron chi connectivity index (χ1n) is 8.82. The minimum Gasteiger partial charge on any atom is -0.459 e. The van der Waals surface area contributed by atoms with Crippen LogP contribution in [0.2, 0.25) is 0 Å². The monoisotopic (exact) mass is 320 g/mol. The molecule has 1 N–H and O–H groups in total. The molecule has 5 heteroatoms. The van der Waals surface area contributed by atoms with Crippen LogP contribution >= 0.6 is 0 Å². The minimum absolute atomic E-state index is 0.219. The molecule has 2 aliphatic carbocycles. The highest BCUT2D eigenvalue weighted by Gasteiger charge is 2.43.